The molecule has 0 unspecified atom stereocenters. The molecule has 2 aromatic rings. The number of oxime groups is 1. The molecule has 4 nitrogen and oxygen atoms in total. The number of nitrogens with zero attached hydrogens (tertiary/aromatic N) is 1. The smallest absolute Gasteiger partial charge is 0.331 e. The lowest BCUT2D eigenvalue weighted by atomic mass is 10.1. The van der Waals surface area contributed by atoms with Gasteiger partial charge in [0.1, 0.15) is 0 Å². The molecule has 100 valence electrons. The van der Waals surface area contributed by atoms with E-state index in [4.69, 9.17) is 0 Å². The Bertz CT molecular complexity index is 626. The molecule has 19 heavy (non-hydrogen) atoms. The number of aromatic amines is 1. The molecular formula is C15H18N2O2. The van der Waals surface area contributed by atoms with Crippen LogP contribution in [0, 0.1) is 6.92 Å². The number of nitrogens with one attached hydrogen (secondary N) is 1. The second-order valence-electron chi connectivity index (χ2n) is 4.77. The minimum Gasteiger partial charge on any atom is -0.361 e. The van der Waals surface area contributed by atoms with Gasteiger partial charge in [-0.3, -0.25) is 0 Å². The third-order valence-electron chi connectivity index (χ3n) is 3.01. The van der Waals surface area contributed by atoms with Gasteiger partial charge in [0.05, 0.1) is 5.71 Å². The van der Waals surface area contributed by atoms with Crippen LogP contribution in [0.15, 0.2) is 29.6 Å². The maximum Gasteiger partial charge on any atom is 0.331 e. The molecule has 1 aromatic carbocycles. The molecule has 1 N–H and O–H groups in total. The maximum absolute atomic E-state index is 10.7. The van der Waals surface area contributed by atoms with Gasteiger partial charge in [-0.25, -0.2) is 4.79 Å². The first-order chi connectivity index (χ1) is 9.06. The number of aromatic nitrogens is 1. The van der Waals surface area contributed by atoms with Crippen molar-refractivity contribution in [2.45, 2.75) is 33.6 Å². The van der Waals surface area contributed by atoms with Crippen LogP contribution in [0.1, 0.15) is 31.4 Å². The number of fused-ring (bicyclic) bond motifs is 1. The third kappa shape index (κ3) is 3.44. The molecule has 1 aromatic heterocycles. The van der Waals surface area contributed by atoms with Crippen molar-refractivity contribution in [1.82, 2.24) is 4.98 Å². The summed E-state index contributed by atoms with van der Waals surface area (Å²) in [6.45, 7) is 5.30. The SMILES string of the molecule is CC(=O)O/N=C(\C)CCc1c[nH]c2ccc(C)cc12. The molecular weight excluding hydrogens is 240 g/mol. The normalized spacial score (nSPS) is 11.8. The highest BCUT2D eigenvalue weighted by Crippen LogP contribution is 2.21. The zero-order valence-electron chi connectivity index (χ0n) is 11.5. The largest absolute Gasteiger partial charge is 0.361 e. The average molecular weight is 258 g/mol. The van der Waals surface area contributed by atoms with Gasteiger partial charge < -0.3 is 9.82 Å². The Morgan fingerprint density at radius 1 is 1.37 bits per heavy atom. The van der Waals surface area contributed by atoms with Crippen LogP contribution in [0.2, 0.25) is 0 Å². The van der Waals surface area contributed by atoms with E-state index in [9.17, 15) is 4.79 Å². The maximum atomic E-state index is 10.7. The molecule has 0 aliphatic heterocycles. The van der Waals surface area contributed by atoms with E-state index < -0.39 is 0 Å². The van der Waals surface area contributed by atoms with Crippen LogP contribution in [-0.4, -0.2) is 16.7 Å². The van der Waals surface area contributed by atoms with Crippen molar-refractivity contribution in [1.29, 1.82) is 0 Å². The predicted octanol–water partition coefficient (Wildman–Crippen LogP) is 3.35. The van der Waals surface area contributed by atoms with Crippen LogP contribution in [0.25, 0.3) is 10.9 Å². The zero-order valence-corrected chi connectivity index (χ0v) is 11.5. The third-order valence-corrected chi connectivity index (χ3v) is 3.01. The summed E-state index contributed by atoms with van der Waals surface area (Å²) in [6.07, 6.45) is 3.68. The summed E-state index contributed by atoms with van der Waals surface area (Å²) in [4.78, 5) is 18.5. The predicted molar refractivity (Wildman–Crippen MR) is 76.2 cm³/mol. The van der Waals surface area contributed by atoms with Crippen molar-refractivity contribution in [3.05, 3.63) is 35.5 Å². The van der Waals surface area contributed by atoms with E-state index >= 15 is 0 Å². The minimum atomic E-state index is -0.387. The lowest BCUT2D eigenvalue weighted by Crippen LogP contribution is -1.99. The average Bonchev–Trinajstić information content (AvgIpc) is 2.76. The fourth-order valence-corrected chi connectivity index (χ4v) is 2.00. The molecule has 0 atom stereocenters. The lowest BCUT2D eigenvalue weighted by molar-refractivity contribution is -0.140. The van der Waals surface area contributed by atoms with Crippen molar-refractivity contribution in [3.8, 4) is 0 Å². The van der Waals surface area contributed by atoms with E-state index in [0.29, 0.717) is 0 Å². The molecule has 0 aliphatic rings. The Morgan fingerprint density at radius 2 is 2.16 bits per heavy atom. The van der Waals surface area contributed by atoms with Crippen LogP contribution in [0.3, 0.4) is 0 Å². The first kappa shape index (κ1) is 13.3. The number of benzene rings is 1. The van der Waals surface area contributed by atoms with Gasteiger partial charge in [0.25, 0.3) is 0 Å². The summed E-state index contributed by atoms with van der Waals surface area (Å²) in [6, 6.07) is 6.36. The second kappa shape index (κ2) is 5.69. The lowest BCUT2D eigenvalue weighted by Gasteiger charge is -2.01. The van der Waals surface area contributed by atoms with E-state index in [0.717, 1.165) is 24.1 Å². The van der Waals surface area contributed by atoms with E-state index in [1.54, 1.807) is 0 Å². The molecule has 0 aliphatic carbocycles. The Hall–Kier alpha value is -2.10. The molecule has 0 saturated carbocycles. The van der Waals surface area contributed by atoms with E-state index in [1.807, 2.05) is 13.1 Å². The van der Waals surface area contributed by atoms with Gasteiger partial charge in [-0.15, -0.1) is 0 Å². The molecule has 4 heteroatoms. The molecule has 0 radical (unpaired) electrons. The summed E-state index contributed by atoms with van der Waals surface area (Å²) in [5.74, 6) is -0.387. The van der Waals surface area contributed by atoms with Crippen molar-refractivity contribution >= 4 is 22.6 Å². The number of carbonyl (C=O) groups excluding carboxylic acids is 1. The van der Waals surface area contributed by atoms with E-state index in [1.165, 1.54) is 23.4 Å². The summed E-state index contributed by atoms with van der Waals surface area (Å²) in [5, 5.41) is 5.03. The fourth-order valence-electron chi connectivity index (χ4n) is 2.00. The Balaban J connectivity index is 2.07. The second-order valence-corrected chi connectivity index (χ2v) is 4.77. The van der Waals surface area contributed by atoms with Gasteiger partial charge in [0.15, 0.2) is 0 Å². The molecule has 0 saturated heterocycles. The highest BCUT2D eigenvalue weighted by atomic mass is 16.7. The van der Waals surface area contributed by atoms with Gasteiger partial charge in [0.2, 0.25) is 0 Å². The molecule has 0 bridgehead atoms. The number of rotatable bonds is 4. The van der Waals surface area contributed by atoms with Gasteiger partial charge in [-0.1, -0.05) is 16.8 Å². The number of H-pyrrole nitrogens is 1. The highest BCUT2D eigenvalue weighted by Gasteiger charge is 2.05. The monoisotopic (exact) mass is 258 g/mol. The van der Waals surface area contributed by atoms with Crippen molar-refractivity contribution in [2.24, 2.45) is 5.16 Å². The first-order valence-electron chi connectivity index (χ1n) is 6.34. The van der Waals surface area contributed by atoms with E-state index in [-0.39, 0.29) is 5.97 Å². The molecule has 1 heterocycles. The van der Waals surface area contributed by atoms with Crippen LogP contribution >= 0.6 is 0 Å². The standard InChI is InChI=1S/C15H18N2O2/c1-10-4-7-15-14(8-10)13(9-16-15)6-5-11(2)17-19-12(3)18/h4,7-9,16H,5-6H2,1-3H3/b17-11+. The summed E-state index contributed by atoms with van der Waals surface area (Å²) in [7, 11) is 0. The minimum absolute atomic E-state index is 0.387. The zero-order chi connectivity index (χ0) is 13.8. The fraction of sp³-hybridized carbons (Fsp3) is 0.333. The Labute approximate surface area is 112 Å². The Kier molecular flexibility index (Phi) is 4.00. The van der Waals surface area contributed by atoms with Crippen LogP contribution in [0.4, 0.5) is 0 Å². The van der Waals surface area contributed by atoms with Gasteiger partial charge in [-0.2, -0.15) is 0 Å². The summed E-state index contributed by atoms with van der Waals surface area (Å²) >= 11 is 0. The molecule has 2 rings (SSSR count). The summed E-state index contributed by atoms with van der Waals surface area (Å²) in [5.41, 5.74) is 4.47. The highest BCUT2D eigenvalue weighted by molar-refractivity contribution is 5.86. The van der Waals surface area contributed by atoms with Crippen molar-refractivity contribution < 1.29 is 9.63 Å². The first-order valence-corrected chi connectivity index (χ1v) is 6.34. The molecule has 0 spiro atoms. The Morgan fingerprint density at radius 3 is 2.89 bits per heavy atom. The van der Waals surface area contributed by atoms with Crippen molar-refractivity contribution in [3.63, 3.8) is 0 Å². The molecule has 0 fully saturated rings. The number of aryl methyl sites for hydroxylation is 2. The van der Waals surface area contributed by atoms with Gasteiger partial charge in [-0.05, 0) is 44.4 Å². The summed E-state index contributed by atoms with van der Waals surface area (Å²) < 4.78 is 0. The number of hydrogen-bond acceptors (Lipinski definition) is 3. The number of carbonyl (C=O) groups is 1. The van der Waals surface area contributed by atoms with Crippen molar-refractivity contribution in [2.75, 3.05) is 0 Å². The van der Waals surface area contributed by atoms with Gasteiger partial charge >= 0.3 is 5.97 Å². The van der Waals surface area contributed by atoms with Crippen LogP contribution < -0.4 is 0 Å². The van der Waals surface area contributed by atoms with Crippen LogP contribution in [0.5, 0.6) is 0 Å². The quantitative estimate of drug-likeness (QED) is 0.519. The molecule has 0 amide bonds. The topological polar surface area (TPSA) is 54.4 Å². The van der Waals surface area contributed by atoms with E-state index in [2.05, 4.69) is 40.1 Å². The van der Waals surface area contributed by atoms with Crippen LogP contribution in [-0.2, 0) is 16.1 Å². The number of hydrogen-bond donors (Lipinski definition) is 1. The van der Waals surface area contributed by atoms with Gasteiger partial charge in [0, 0.05) is 24.0 Å².